The summed E-state index contributed by atoms with van der Waals surface area (Å²) in [5.41, 5.74) is 0.967. The molecule has 142 valence electrons. The summed E-state index contributed by atoms with van der Waals surface area (Å²) in [5, 5.41) is 6.69. The molecule has 0 aliphatic carbocycles. The Morgan fingerprint density at radius 2 is 1.84 bits per heavy atom. The molecular weight excluding hydrogens is 433 g/mol. The van der Waals surface area contributed by atoms with Gasteiger partial charge in [0.2, 0.25) is 0 Å². The van der Waals surface area contributed by atoms with Gasteiger partial charge in [-0.15, -0.1) is 24.0 Å². The average molecular weight is 463 g/mol. The van der Waals surface area contributed by atoms with Crippen LogP contribution in [0.4, 0.5) is 0 Å². The Bertz CT molecular complexity index is 517. The molecule has 1 aromatic rings. The second-order valence-electron chi connectivity index (χ2n) is 5.90. The molecule has 6 nitrogen and oxygen atoms in total. The number of benzene rings is 1. The Morgan fingerprint density at radius 1 is 1.16 bits per heavy atom. The lowest BCUT2D eigenvalue weighted by atomic mass is 9.94. The smallest absolute Gasteiger partial charge is 0.191 e. The molecule has 7 heteroatoms. The molecule has 2 rings (SSSR count). The van der Waals surface area contributed by atoms with Crippen LogP contribution in [0.3, 0.4) is 0 Å². The van der Waals surface area contributed by atoms with E-state index in [1.54, 1.807) is 14.2 Å². The maximum Gasteiger partial charge on any atom is 0.191 e. The molecule has 25 heavy (non-hydrogen) atoms. The van der Waals surface area contributed by atoms with Crippen molar-refractivity contribution in [3.05, 3.63) is 29.8 Å². The third kappa shape index (κ3) is 6.99. The number of guanidine groups is 1. The molecule has 0 atom stereocenters. The second-order valence-corrected chi connectivity index (χ2v) is 5.90. The zero-order valence-electron chi connectivity index (χ0n) is 15.3. The van der Waals surface area contributed by atoms with E-state index < -0.39 is 0 Å². The minimum Gasteiger partial charge on any atom is -0.497 e. The molecule has 0 saturated carbocycles. The molecule has 1 aromatic carbocycles. The Morgan fingerprint density at radius 3 is 2.40 bits per heavy atom. The summed E-state index contributed by atoms with van der Waals surface area (Å²) >= 11 is 0. The number of nitrogens with one attached hydrogen (secondary N) is 2. The average Bonchev–Trinajstić information content (AvgIpc) is 2.65. The van der Waals surface area contributed by atoms with Gasteiger partial charge in [0.1, 0.15) is 5.75 Å². The van der Waals surface area contributed by atoms with Crippen LogP contribution >= 0.6 is 24.0 Å². The van der Waals surface area contributed by atoms with E-state index in [0.29, 0.717) is 6.54 Å². The molecule has 0 aromatic heterocycles. The van der Waals surface area contributed by atoms with Gasteiger partial charge in [0.05, 0.1) is 19.3 Å². The van der Waals surface area contributed by atoms with Crippen LogP contribution in [0, 0.1) is 0 Å². The van der Waals surface area contributed by atoms with Gasteiger partial charge in [-0.25, -0.2) is 4.99 Å². The standard InChI is InChI=1S/C18H29N3O3.HI/c1-4-19-17(20-13-15-5-7-16(22-2)8-6-15)21-14-18(23-3)9-11-24-12-10-18;/h5-8H,4,9-14H2,1-3H3,(H2,19,20,21);1H. The largest absolute Gasteiger partial charge is 0.497 e. The quantitative estimate of drug-likeness (QED) is 0.370. The lowest BCUT2D eigenvalue weighted by Gasteiger charge is -2.36. The SMILES string of the molecule is CCNC(=NCc1ccc(OC)cc1)NCC1(OC)CCOCC1.I. The summed E-state index contributed by atoms with van der Waals surface area (Å²) in [6.07, 6.45) is 1.79. The lowest BCUT2D eigenvalue weighted by Crippen LogP contribution is -2.50. The number of methoxy groups -OCH3 is 2. The Labute approximate surface area is 167 Å². The van der Waals surface area contributed by atoms with Crippen molar-refractivity contribution in [2.45, 2.75) is 31.9 Å². The van der Waals surface area contributed by atoms with E-state index >= 15 is 0 Å². The Hall–Kier alpha value is -1.06. The van der Waals surface area contributed by atoms with E-state index in [1.807, 2.05) is 24.3 Å². The van der Waals surface area contributed by atoms with E-state index in [-0.39, 0.29) is 29.6 Å². The number of ether oxygens (including phenoxy) is 3. The van der Waals surface area contributed by atoms with Crippen LogP contribution in [0.25, 0.3) is 0 Å². The van der Waals surface area contributed by atoms with E-state index in [0.717, 1.165) is 56.4 Å². The van der Waals surface area contributed by atoms with E-state index in [4.69, 9.17) is 14.2 Å². The van der Waals surface area contributed by atoms with Crippen molar-refractivity contribution in [2.24, 2.45) is 4.99 Å². The molecular formula is C18H30IN3O3. The molecule has 0 amide bonds. The summed E-state index contributed by atoms with van der Waals surface area (Å²) in [7, 11) is 3.44. The fourth-order valence-electron chi connectivity index (χ4n) is 2.68. The molecule has 0 bridgehead atoms. The van der Waals surface area contributed by atoms with Crippen molar-refractivity contribution in [3.63, 3.8) is 0 Å². The van der Waals surface area contributed by atoms with E-state index in [9.17, 15) is 0 Å². The van der Waals surface area contributed by atoms with Crippen molar-refractivity contribution in [3.8, 4) is 5.75 Å². The predicted molar refractivity (Wildman–Crippen MR) is 111 cm³/mol. The van der Waals surface area contributed by atoms with Crippen LogP contribution in [0.15, 0.2) is 29.3 Å². The first kappa shape index (κ1) is 22.0. The van der Waals surface area contributed by atoms with Crippen LogP contribution in [0.1, 0.15) is 25.3 Å². The molecule has 1 heterocycles. The highest BCUT2D eigenvalue weighted by molar-refractivity contribution is 14.0. The topological polar surface area (TPSA) is 64.1 Å². The van der Waals surface area contributed by atoms with Crippen LogP contribution in [-0.4, -0.2) is 52.1 Å². The third-order valence-corrected chi connectivity index (χ3v) is 4.34. The van der Waals surface area contributed by atoms with Crippen molar-refractivity contribution >= 4 is 29.9 Å². The summed E-state index contributed by atoms with van der Waals surface area (Å²) < 4.78 is 16.4. The first-order chi connectivity index (χ1) is 11.7. The monoisotopic (exact) mass is 463 g/mol. The first-order valence-corrected chi connectivity index (χ1v) is 8.49. The molecule has 2 N–H and O–H groups in total. The van der Waals surface area contributed by atoms with Crippen molar-refractivity contribution in [1.29, 1.82) is 0 Å². The molecule has 1 saturated heterocycles. The number of hydrogen-bond donors (Lipinski definition) is 2. The summed E-state index contributed by atoms with van der Waals surface area (Å²) in [6.45, 7) is 5.70. The number of nitrogens with zero attached hydrogens (tertiary/aromatic N) is 1. The molecule has 0 unspecified atom stereocenters. The zero-order valence-corrected chi connectivity index (χ0v) is 17.7. The normalized spacial score (nSPS) is 16.7. The predicted octanol–water partition coefficient (Wildman–Crippen LogP) is 2.56. The second kappa shape index (κ2) is 11.5. The maximum atomic E-state index is 5.76. The van der Waals surface area contributed by atoms with Gasteiger partial charge in [-0.3, -0.25) is 0 Å². The highest BCUT2D eigenvalue weighted by Gasteiger charge is 2.32. The maximum absolute atomic E-state index is 5.76. The first-order valence-electron chi connectivity index (χ1n) is 8.49. The van der Waals surface area contributed by atoms with Crippen LogP contribution in [0.5, 0.6) is 5.75 Å². The van der Waals surface area contributed by atoms with Crippen molar-refractivity contribution in [1.82, 2.24) is 10.6 Å². The van der Waals surface area contributed by atoms with Gasteiger partial charge in [0.15, 0.2) is 5.96 Å². The van der Waals surface area contributed by atoms with Crippen LogP contribution < -0.4 is 15.4 Å². The number of hydrogen-bond acceptors (Lipinski definition) is 4. The number of rotatable bonds is 7. The van der Waals surface area contributed by atoms with Gasteiger partial charge < -0.3 is 24.8 Å². The highest BCUT2D eigenvalue weighted by atomic mass is 127. The highest BCUT2D eigenvalue weighted by Crippen LogP contribution is 2.23. The van der Waals surface area contributed by atoms with Gasteiger partial charge in [-0.2, -0.15) is 0 Å². The fourth-order valence-corrected chi connectivity index (χ4v) is 2.68. The zero-order chi connectivity index (χ0) is 17.3. The summed E-state index contributed by atoms with van der Waals surface area (Å²) in [4.78, 5) is 4.66. The van der Waals surface area contributed by atoms with Gasteiger partial charge >= 0.3 is 0 Å². The van der Waals surface area contributed by atoms with Gasteiger partial charge in [0, 0.05) is 46.3 Å². The lowest BCUT2D eigenvalue weighted by molar-refractivity contribution is -0.0855. The molecule has 1 aliphatic heterocycles. The Balaban J connectivity index is 0.00000312. The molecule has 0 radical (unpaired) electrons. The van der Waals surface area contributed by atoms with Crippen molar-refractivity contribution in [2.75, 3.05) is 40.5 Å². The minimum atomic E-state index is -0.172. The van der Waals surface area contributed by atoms with Crippen molar-refractivity contribution < 1.29 is 14.2 Å². The van der Waals surface area contributed by atoms with Crippen LogP contribution in [-0.2, 0) is 16.0 Å². The van der Waals surface area contributed by atoms with Gasteiger partial charge in [0.25, 0.3) is 0 Å². The van der Waals surface area contributed by atoms with Gasteiger partial charge in [-0.05, 0) is 24.6 Å². The summed E-state index contributed by atoms with van der Waals surface area (Å²) in [6, 6.07) is 7.96. The third-order valence-electron chi connectivity index (χ3n) is 4.34. The molecule has 1 aliphatic rings. The van der Waals surface area contributed by atoms with E-state index in [1.165, 1.54) is 0 Å². The fraction of sp³-hybridized carbons (Fsp3) is 0.611. The van der Waals surface area contributed by atoms with Crippen LogP contribution in [0.2, 0.25) is 0 Å². The number of halogens is 1. The minimum absolute atomic E-state index is 0. The number of aliphatic imine (C=N–C) groups is 1. The van der Waals surface area contributed by atoms with E-state index in [2.05, 4.69) is 22.5 Å². The summed E-state index contributed by atoms with van der Waals surface area (Å²) in [5.74, 6) is 1.66. The molecule has 0 spiro atoms. The van der Waals surface area contributed by atoms with Gasteiger partial charge in [-0.1, -0.05) is 12.1 Å². The molecule has 1 fully saturated rings. The Kier molecular flexibility index (Phi) is 10.1.